The zero-order chi connectivity index (χ0) is 12.3. The van der Waals surface area contributed by atoms with Gasteiger partial charge in [-0.1, -0.05) is 11.6 Å². The number of benzene rings is 1. The van der Waals surface area contributed by atoms with Gasteiger partial charge in [0.2, 0.25) is 0 Å². The van der Waals surface area contributed by atoms with Gasteiger partial charge < -0.3 is 9.72 Å². The van der Waals surface area contributed by atoms with Crippen molar-refractivity contribution < 1.29 is 9.53 Å². The maximum atomic E-state index is 11.5. The van der Waals surface area contributed by atoms with Crippen LogP contribution in [0, 0.1) is 6.92 Å². The van der Waals surface area contributed by atoms with Crippen LogP contribution in [0.15, 0.2) is 24.4 Å². The predicted octanol–water partition coefficient (Wildman–Crippen LogP) is 2.69. The van der Waals surface area contributed by atoms with E-state index < -0.39 is 0 Å². The van der Waals surface area contributed by atoms with Gasteiger partial charge in [-0.25, -0.2) is 9.78 Å². The summed E-state index contributed by atoms with van der Waals surface area (Å²) in [6, 6.07) is 6.24. The Kier molecular flexibility index (Phi) is 1.66. The van der Waals surface area contributed by atoms with Gasteiger partial charge >= 0.3 is 5.97 Å². The number of carbonyl (C=O) groups excluding carboxylic acids is 1. The number of esters is 1. The number of pyridine rings is 1. The quantitative estimate of drug-likeness (QED) is 0.612. The van der Waals surface area contributed by atoms with Crippen LogP contribution in [-0.4, -0.2) is 15.9 Å². The van der Waals surface area contributed by atoms with Gasteiger partial charge in [-0.15, -0.1) is 0 Å². The van der Waals surface area contributed by atoms with Gasteiger partial charge in [0.05, 0.1) is 11.7 Å². The van der Waals surface area contributed by atoms with Gasteiger partial charge in [0.15, 0.2) is 5.69 Å². The van der Waals surface area contributed by atoms with Crippen LogP contribution in [0.3, 0.4) is 0 Å². The van der Waals surface area contributed by atoms with Gasteiger partial charge in [0, 0.05) is 21.9 Å². The zero-order valence-corrected chi connectivity index (χ0v) is 9.78. The minimum absolute atomic E-state index is 0.319. The first kappa shape index (κ1) is 9.65. The van der Waals surface area contributed by atoms with Crippen LogP contribution in [-0.2, 0) is 11.3 Å². The third-order valence-corrected chi connectivity index (χ3v) is 3.43. The smallest absolute Gasteiger partial charge is 0.357 e. The summed E-state index contributed by atoms with van der Waals surface area (Å²) < 4.78 is 5.06. The van der Waals surface area contributed by atoms with Crippen molar-refractivity contribution >= 4 is 27.8 Å². The Morgan fingerprint density at radius 1 is 1.33 bits per heavy atom. The Morgan fingerprint density at radius 3 is 3.11 bits per heavy atom. The number of rotatable bonds is 0. The molecule has 4 nitrogen and oxygen atoms in total. The number of aryl methyl sites for hydroxylation is 1. The Balaban J connectivity index is 2.24. The molecule has 1 aliphatic rings. The van der Waals surface area contributed by atoms with Crippen LogP contribution in [0.4, 0.5) is 0 Å². The standard InChI is InChI=1S/C14H10N2O2/c1-7-2-3-10-8(4-7)12-9-6-18-14(17)13(9)15-5-11(12)16-10/h2-5,16H,6H2,1H3. The van der Waals surface area contributed by atoms with Crippen molar-refractivity contribution in [1.29, 1.82) is 0 Å². The molecule has 0 saturated carbocycles. The molecular formula is C14H10N2O2. The molecule has 1 N–H and O–H groups in total. The number of aromatic amines is 1. The summed E-state index contributed by atoms with van der Waals surface area (Å²) in [6.07, 6.45) is 1.70. The second kappa shape index (κ2) is 3.10. The summed E-state index contributed by atoms with van der Waals surface area (Å²) in [6.45, 7) is 2.38. The molecule has 18 heavy (non-hydrogen) atoms. The van der Waals surface area contributed by atoms with E-state index in [1.807, 2.05) is 0 Å². The molecule has 0 unspecified atom stereocenters. The van der Waals surface area contributed by atoms with Crippen molar-refractivity contribution in [3.05, 3.63) is 41.2 Å². The molecule has 0 aliphatic carbocycles. The molecule has 1 aliphatic heterocycles. The van der Waals surface area contributed by atoms with Gasteiger partial charge in [0.25, 0.3) is 0 Å². The highest BCUT2D eigenvalue weighted by Gasteiger charge is 2.26. The Morgan fingerprint density at radius 2 is 2.22 bits per heavy atom. The summed E-state index contributed by atoms with van der Waals surface area (Å²) in [5.41, 5.74) is 4.55. The largest absolute Gasteiger partial charge is 0.456 e. The van der Waals surface area contributed by atoms with E-state index >= 15 is 0 Å². The number of nitrogens with one attached hydrogen (secondary N) is 1. The van der Waals surface area contributed by atoms with Gasteiger partial charge in [-0.3, -0.25) is 0 Å². The number of H-pyrrole nitrogens is 1. The molecule has 2 aromatic heterocycles. The number of cyclic esters (lactones) is 1. The van der Waals surface area contributed by atoms with Crippen molar-refractivity contribution in [3.63, 3.8) is 0 Å². The lowest BCUT2D eigenvalue weighted by Crippen LogP contribution is -1.96. The molecule has 4 rings (SSSR count). The third-order valence-electron chi connectivity index (χ3n) is 3.43. The van der Waals surface area contributed by atoms with Crippen molar-refractivity contribution in [2.75, 3.05) is 0 Å². The number of fused-ring (bicyclic) bond motifs is 5. The fourth-order valence-electron chi connectivity index (χ4n) is 2.60. The lowest BCUT2D eigenvalue weighted by atomic mass is 10.1. The second-order valence-electron chi connectivity index (χ2n) is 4.62. The molecule has 88 valence electrons. The fraction of sp³-hybridized carbons (Fsp3) is 0.143. The summed E-state index contributed by atoms with van der Waals surface area (Å²) in [4.78, 5) is 19.0. The monoisotopic (exact) mass is 238 g/mol. The Bertz CT molecular complexity index is 817. The number of aromatic nitrogens is 2. The molecule has 0 spiro atoms. The summed E-state index contributed by atoms with van der Waals surface area (Å²) in [5.74, 6) is -0.325. The molecule has 0 fully saturated rings. The van der Waals surface area contributed by atoms with E-state index in [9.17, 15) is 4.79 Å². The van der Waals surface area contributed by atoms with E-state index in [2.05, 4.69) is 35.1 Å². The topological polar surface area (TPSA) is 55.0 Å². The first-order valence-corrected chi connectivity index (χ1v) is 5.81. The first-order chi connectivity index (χ1) is 8.74. The van der Waals surface area contributed by atoms with Crippen molar-refractivity contribution in [2.45, 2.75) is 13.5 Å². The molecule has 0 saturated heterocycles. The van der Waals surface area contributed by atoms with Gasteiger partial charge in [0.1, 0.15) is 6.61 Å². The average Bonchev–Trinajstić information content (AvgIpc) is 2.90. The first-order valence-electron chi connectivity index (χ1n) is 5.81. The summed E-state index contributed by atoms with van der Waals surface area (Å²) in [5, 5.41) is 2.19. The second-order valence-corrected chi connectivity index (χ2v) is 4.62. The van der Waals surface area contributed by atoms with E-state index in [1.165, 1.54) is 5.56 Å². The lowest BCUT2D eigenvalue weighted by molar-refractivity contribution is 0.0531. The summed E-state index contributed by atoms with van der Waals surface area (Å²) >= 11 is 0. The maximum absolute atomic E-state index is 11.5. The lowest BCUT2D eigenvalue weighted by Gasteiger charge is -1.97. The number of carbonyl (C=O) groups is 1. The minimum atomic E-state index is -0.325. The number of hydrogen-bond donors (Lipinski definition) is 1. The van der Waals surface area contributed by atoms with Crippen LogP contribution in [0.25, 0.3) is 21.8 Å². The molecule has 0 amide bonds. The van der Waals surface area contributed by atoms with E-state index in [0.29, 0.717) is 12.3 Å². The minimum Gasteiger partial charge on any atom is -0.456 e. The van der Waals surface area contributed by atoms with Crippen molar-refractivity contribution in [1.82, 2.24) is 9.97 Å². The van der Waals surface area contributed by atoms with E-state index in [4.69, 9.17) is 4.74 Å². The maximum Gasteiger partial charge on any atom is 0.357 e. The highest BCUT2D eigenvalue weighted by atomic mass is 16.5. The number of ether oxygens (including phenoxy) is 1. The molecule has 0 radical (unpaired) electrons. The van der Waals surface area contributed by atoms with Crippen LogP contribution < -0.4 is 0 Å². The van der Waals surface area contributed by atoms with Crippen LogP contribution in [0.2, 0.25) is 0 Å². The molecule has 3 heterocycles. The molecule has 0 atom stereocenters. The molecule has 3 aromatic rings. The molecular weight excluding hydrogens is 228 g/mol. The Labute approximate surface area is 103 Å². The van der Waals surface area contributed by atoms with Crippen LogP contribution in [0.1, 0.15) is 21.6 Å². The van der Waals surface area contributed by atoms with Gasteiger partial charge in [-0.05, 0) is 19.1 Å². The zero-order valence-electron chi connectivity index (χ0n) is 9.78. The normalized spacial score (nSPS) is 14.2. The fourth-order valence-corrected chi connectivity index (χ4v) is 2.60. The van der Waals surface area contributed by atoms with Crippen LogP contribution in [0.5, 0.6) is 0 Å². The molecule has 1 aromatic carbocycles. The van der Waals surface area contributed by atoms with E-state index in [0.717, 1.165) is 27.4 Å². The number of hydrogen-bond acceptors (Lipinski definition) is 3. The van der Waals surface area contributed by atoms with Crippen LogP contribution >= 0.6 is 0 Å². The SMILES string of the molecule is Cc1ccc2[nH]c3cnc4c(c3c2c1)COC4=O. The van der Waals surface area contributed by atoms with E-state index in [1.54, 1.807) is 6.20 Å². The third kappa shape index (κ3) is 1.09. The highest BCUT2D eigenvalue weighted by Crippen LogP contribution is 2.33. The average molecular weight is 238 g/mol. The highest BCUT2D eigenvalue weighted by molar-refractivity contribution is 6.11. The summed E-state index contributed by atoms with van der Waals surface area (Å²) in [7, 11) is 0. The van der Waals surface area contributed by atoms with Gasteiger partial charge in [-0.2, -0.15) is 0 Å². The predicted molar refractivity (Wildman–Crippen MR) is 67.5 cm³/mol. The molecule has 0 bridgehead atoms. The van der Waals surface area contributed by atoms with Crippen molar-refractivity contribution in [2.24, 2.45) is 0 Å². The molecule has 4 heteroatoms. The Hall–Kier alpha value is -2.36. The van der Waals surface area contributed by atoms with Crippen molar-refractivity contribution in [3.8, 4) is 0 Å². The number of nitrogens with zero attached hydrogens (tertiary/aromatic N) is 1. The van der Waals surface area contributed by atoms with E-state index in [-0.39, 0.29) is 5.97 Å².